The number of aliphatic hydroxyl groups excluding tert-OH is 1. The predicted molar refractivity (Wildman–Crippen MR) is 101 cm³/mol. The molecule has 4 rings (SSSR count). The standard InChI is InChI=1S/C16H22N6O4S/c1-16(2)25-10-8(5-23)27-14(11(10)26-16)22-7-17-9-12(22)19-15(20-13(9)24)18-6-21(3)4/h6-8,10-11,14,23H,5H2,1-4H3,(H,19,20,24)/b18-6+/t8-,10-,11-,14-/m1/s1. The highest BCUT2D eigenvalue weighted by atomic mass is 32.2. The number of ether oxygens (including phenoxy) is 2. The average molecular weight is 394 g/mol. The second-order valence-corrected chi connectivity index (χ2v) is 8.59. The Morgan fingerprint density at radius 1 is 1.44 bits per heavy atom. The third kappa shape index (κ3) is 3.24. The van der Waals surface area contributed by atoms with Crippen molar-refractivity contribution >= 4 is 35.2 Å². The molecule has 146 valence electrons. The van der Waals surface area contributed by atoms with E-state index in [9.17, 15) is 9.90 Å². The lowest BCUT2D eigenvalue weighted by Gasteiger charge is -2.23. The van der Waals surface area contributed by atoms with Crippen LogP contribution < -0.4 is 5.56 Å². The smallest absolute Gasteiger partial charge is 0.280 e. The largest absolute Gasteiger partial charge is 0.395 e. The molecule has 0 saturated carbocycles. The third-order valence-electron chi connectivity index (χ3n) is 4.41. The van der Waals surface area contributed by atoms with Crippen molar-refractivity contribution in [2.75, 3.05) is 20.7 Å². The number of hydrogen-bond acceptors (Lipinski definition) is 8. The Labute approximate surface area is 159 Å². The van der Waals surface area contributed by atoms with E-state index < -0.39 is 5.79 Å². The maximum absolute atomic E-state index is 12.4. The summed E-state index contributed by atoms with van der Waals surface area (Å²) in [7, 11) is 3.65. The Kier molecular flexibility index (Phi) is 4.49. The van der Waals surface area contributed by atoms with E-state index in [1.165, 1.54) is 11.8 Å². The number of nitrogens with one attached hydrogen (secondary N) is 1. The summed E-state index contributed by atoms with van der Waals surface area (Å²) in [6.07, 6.45) is 2.61. The minimum atomic E-state index is -0.732. The third-order valence-corrected chi connectivity index (χ3v) is 5.95. The van der Waals surface area contributed by atoms with Crippen molar-refractivity contribution in [2.45, 2.75) is 42.5 Å². The normalized spacial score (nSPS) is 29.7. The zero-order valence-corrected chi connectivity index (χ0v) is 16.3. The van der Waals surface area contributed by atoms with Crippen LogP contribution in [0.15, 0.2) is 16.1 Å². The van der Waals surface area contributed by atoms with Gasteiger partial charge in [0.15, 0.2) is 17.0 Å². The van der Waals surface area contributed by atoms with Gasteiger partial charge in [0.1, 0.15) is 17.6 Å². The minimum Gasteiger partial charge on any atom is -0.395 e. The number of aliphatic hydroxyl groups is 1. The zero-order chi connectivity index (χ0) is 19.3. The minimum absolute atomic E-state index is 0.0270. The van der Waals surface area contributed by atoms with Gasteiger partial charge in [-0.25, -0.2) is 9.98 Å². The topological polar surface area (TPSA) is 118 Å². The van der Waals surface area contributed by atoms with Crippen LogP contribution in [-0.4, -0.2) is 79.8 Å². The van der Waals surface area contributed by atoms with Crippen LogP contribution >= 0.6 is 11.8 Å². The van der Waals surface area contributed by atoms with Crippen LogP contribution in [0.5, 0.6) is 0 Å². The summed E-state index contributed by atoms with van der Waals surface area (Å²) in [6, 6.07) is 0. The molecule has 2 fully saturated rings. The summed E-state index contributed by atoms with van der Waals surface area (Å²) in [5.74, 6) is -0.533. The van der Waals surface area contributed by atoms with Gasteiger partial charge in [0, 0.05) is 14.1 Å². The predicted octanol–water partition coefficient (Wildman–Crippen LogP) is 0.467. The lowest BCUT2D eigenvalue weighted by Crippen LogP contribution is -2.30. The first-order valence-electron chi connectivity index (χ1n) is 8.58. The van der Waals surface area contributed by atoms with Crippen molar-refractivity contribution in [2.24, 2.45) is 4.99 Å². The quantitative estimate of drug-likeness (QED) is 0.567. The van der Waals surface area contributed by atoms with Crippen LogP contribution in [0.3, 0.4) is 0 Å². The highest BCUT2D eigenvalue weighted by Crippen LogP contribution is 2.51. The molecule has 0 aliphatic carbocycles. The molecule has 4 atom stereocenters. The first-order chi connectivity index (χ1) is 12.8. The van der Waals surface area contributed by atoms with Gasteiger partial charge >= 0.3 is 0 Å². The number of aromatic nitrogens is 4. The maximum atomic E-state index is 12.4. The summed E-state index contributed by atoms with van der Waals surface area (Å²) in [6.45, 7) is 3.68. The molecule has 0 aromatic carbocycles. The van der Waals surface area contributed by atoms with Crippen molar-refractivity contribution in [3.8, 4) is 0 Å². The number of aromatic amines is 1. The molecule has 2 saturated heterocycles. The number of hydrogen-bond donors (Lipinski definition) is 2. The van der Waals surface area contributed by atoms with E-state index in [-0.39, 0.29) is 46.5 Å². The van der Waals surface area contributed by atoms with Crippen molar-refractivity contribution in [1.29, 1.82) is 0 Å². The van der Waals surface area contributed by atoms with E-state index in [1.807, 2.05) is 32.5 Å². The Morgan fingerprint density at radius 3 is 2.89 bits per heavy atom. The van der Waals surface area contributed by atoms with Gasteiger partial charge in [-0.05, 0) is 13.8 Å². The molecule has 0 bridgehead atoms. The number of aliphatic imine (C=N–C) groups is 1. The Hall–Kier alpha value is -1.95. The Bertz CT molecular complexity index is 939. The fourth-order valence-electron chi connectivity index (χ4n) is 3.36. The second kappa shape index (κ2) is 6.59. The van der Waals surface area contributed by atoms with E-state index in [2.05, 4.69) is 19.9 Å². The van der Waals surface area contributed by atoms with Gasteiger partial charge in [0.25, 0.3) is 5.56 Å². The molecule has 0 radical (unpaired) electrons. The summed E-state index contributed by atoms with van der Waals surface area (Å²) < 4.78 is 13.9. The maximum Gasteiger partial charge on any atom is 0.280 e. The first kappa shape index (κ1) is 18.4. The van der Waals surface area contributed by atoms with E-state index >= 15 is 0 Å². The van der Waals surface area contributed by atoms with Crippen molar-refractivity contribution in [3.63, 3.8) is 0 Å². The molecule has 2 aromatic rings. The number of nitrogens with zero attached hydrogens (tertiary/aromatic N) is 5. The van der Waals surface area contributed by atoms with Gasteiger partial charge in [-0.15, -0.1) is 11.8 Å². The fourth-order valence-corrected chi connectivity index (χ4v) is 4.82. The van der Waals surface area contributed by atoms with Gasteiger partial charge in [-0.3, -0.25) is 14.3 Å². The summed E-state index contributed by atoms with van der Waals surface area (Å²) >= 11 is 1.53. The molecule has 0 spiro atoms. The van der Waals surface area contributed by atoms with E-state index in [4.69, 9.17) is 9.47 Å². The Balaban J connectivity index is 1.76. The molecule has 2 aliphatic rings. The van der Waals surface area contributed by atoms with Crippen molar-refractivity contribution in [3.05, 3.63) is 16.7 Å². The summed E-state index contributed by atoms with van der Waals surface area (Å²) in [5, 5.41) is 9.39. The van der Waals surface area contributed by atoms with Crippen molar-refractivity contribution in [1.82, 2.24) is 24.4 Å². The SMILES string of the molecule is CN(C)/C=N/c1nc2c(ncn2[C@@H]2S[C@H](CO)[C@H]3OC(C)(C)O[C@H]32)c(=O)[nH]1. The van der Waals surface area contributed by atoms with E-state index in [0.29, 0.717) is 5.65 Å². The highest BCUT2D eigenvalue weighted by Gasteiger charge is 2.55. The van der Waals surface area contributed by atoms with E-state index in [1.54, 1.807) is 17.6 Å². The molecule has 11 heteroatoms. The molecule has 2 aliphatic heterocycles. The number of fused-ring (bicyclic) bond motifs is 2. The molecular weight excluding hydrogens is 372 g/mol. The summed E-state index contributed by atoms with van der Waals surface area (Å²) in [5.41, 5.74) is 0.307. The van der Waals surface area contributed by atoms with Gasteiger partial charge in [-0.1, -0.05) is 0 Å². The molecule has 2 aromatic heterocycles. The molecular formula is C16H22N6O4S. The van der Waals surface area contributed by atoms with Crippen LogP contribution in [0.4, 0.5) is 5.95 Å². The zero-order valence-electron chi connectivity index (χ0n) is 15.5. The molecule has 10 nitrogen and oxygen atoms in total. The van der Waals surface area contributed by atoms with Crippen LogP contribution in [0, 0.1) is 0 Å². The van der Waals surface area contributed by atoms with Gasteiger partial charge in [0.05, 0.1) is 24.5 Å². The van der Waals surface area contributed by atoms with Crippen LogP contribution in [0.2, 0.25) is 0 Å². The number of H-pyrrole nitrogens is 1. The number of thioether (sulfide) groups is 1. The highest BCUT2D eigenvalue weighted by molar-refractivity contribution is 8.00. The Morgan fingerprint density at radius 2 is 2.19 bits per heavy atom. The molecule has 2 N–H and O–H groups in total. The van der Waals surface area contributed by atoms with Gasteiger partial charge in [-0.2, -0.15) is 4.98 Å². The number of imidazole rings is 1. The molecule has 4 heterocycles. The second-order valence-electron chi connectivity index (χ2n) is 7.23. The lowest BCUT2D eigenvalue weighted by atomic mass is 10.1. The van der Waals surface area contributed by atoms with E-state index in [0.717, 1.165) is 0 Å². The van der Waals surface area contributed by atoms with Gasteiger partial charge < -0.3 is 19.5 Å². The summed E-state index contributed by atoms with van der Waals surface area (Å²) in [4.78, 5) is 29.6. The first-order valence-corrected chi connectivity index (χ1v) is 9.53. The fraction of sp³-hybridized carbons (Fsp3) is 0.625. The number of rotatable bonds is 4. The van der Waals surface area contributed by atoms with Crippen LogP contribution in [0.25, 0.3) is 11.2 Å². The molecule has 0 amide bonds. The molecule has 27 heavy (non-hydrogen) atoms. The van der Waals surface area contributed by atoms with Gasteiger partial charge in [0.2, 0.25) is 5.95 Å². The lowest BCUT2D eigenvalue weighted by molar-refractivity contribution is -0.149. The average Bonchev–Trinajstić information content (AvgIpc) is 3.23. The van der Waals surface area contributed by atoms with Crippen molar-refractivity contribution < 1.29 is 14.6 Å². The van der Waals surface area contributed by atoms with Crippen LogP contribution in [0.1, 0.15) is 19.2 Å². The molecule has 0 unspecified atom stereocenters. The van der Waals surface area contributed by atoms with Crippen LogP contribution in [-0.2, 0) is 9.47 Å². The monoisotopic (exact) mass is 394 g/mol.